The van der Waals surface area contributed by atoms with Gasteiger partial charge in [-0.25, -0.2) is 4.98 Å². The van der Waals surface area contributed by atoms with Gasteiger partial charge in [-0.1, -0.05) is 44.2 Å². The van der Waals surface area contributed by atoms with Crippen molar-refractivity contribution in [2.24, 2.45) is 11.1 Å². The van der Waals surface area contributed by atoms with Gasteiger partial charge in [0.2, 0.25) is 0 Å². The van der Waals surface area contributed by atoms with Gasteiger partial charge in [-0.2, -0.15) is 0 Å². The Balaban J connectivity index is 2.12. The van der Waals surface area contributed by atoms with Crippen LogP contribution in [0.3, 0.4) is 0 Å². The summed E-state index contributed by atoms with van der Waals surface area (Å²) in [5.74, 6) is -0.00351. The Bertz CT molecular complexity index is 607. The molecule has 0 saturated carbocycles. The molecule has 0 aliphatic rings. The first kappa shape index (κ1) is 15.7. The molecule has 0 spiro atoms. The van der Waals surface area contributed by atoms with Crippen molar-refractivity contribution in [3.05, 3.63) is 41.4 Å². The highest BCUT2D eigenvalue weighted by Crippen LogP contribution is 2.26. The topological polar surface area (TPSA) is 59.2 Å². The lowest BCUT2D eigenvalue weighted by atomic mass is 9.93. The summed E-state index contributed by atoms with van der Waals surface area (Å²) in [5, 5.41) is 0.866. The molecule has 4 nitrogen and oxygen atoms in total. The molecule has 0 unspecified atom stereocenters. The van der Waals surface area contributed by atoms with E-state index >= 15 is 0 Å². The highest BCUT2D eigenvalue weighted by molar-refractivity contribution is 7.16. The molecule has 0 aliphatic heterocycles. The molecule has 21 heavy (non-hydrogen) atoms. The van der Waals surface area contributed by atoms with Gasteiger partial charge in [0.1, 0.15) is 9.88 Å². The summed E-state index contributed by atoms with van der Waals surface area (Å²) >= 11 is 1.42. The van der Waals surface area contributed by atoms with Crippen molar-refractivity contribution < 1.29 is 4.79 Å². The zero-order valence-corrected chi connectivity index (χ0v) is 13.5. The summed E-state index contributed by atoms with van der Waals surface area (Å²) < 4.78 is 0. The molecule has 2 rings (SSSR count). The average molecular weight is 303 g/mol. The van der Waals surface area contributed by atoms with Crippen LogP contribution in [0.15, 0.2) is 36.5 Å². The van der Waals surface area contributed by atoms with E-state index in [0.717, 1.165) is 10.6 Å². The van der Waals surface area contributed by atoms with E-state index in [1.54, 1.807) is 11.1 Å². The minimum absolute atomic E-state index is 0.00351. The second kappa shape index (κ2) is 6.37. The van der Waals surface area contributed by atoms with E-state index in [-0.39, 0.29) is 11.3 Å². The standard InChI is InChI=1S/C16H21N3OS/c1-16(2,10-17)11-19(3)15(20)13-9-18-14(21-13)12-7-5-4-6-8-12/h4-9H,10-11,17H2,1-3H3. The highest BCUT2D eigenvalue weighted by atomic mass is 32.1. The Hall–Kier alpha value is -1.72. The number of benzene rings is 1. The van der Waals surface area contributed by atoms with E-state index in [2.05, 4.69) is 18.8 Å². The maximum Gasteiger partial charge on any atom is 0.265 e. The second-order valence-electron chi connectivity index (χ2n) is 5.93. The number of carbonyl (C=O) groups excluding carboxylic acids is 1. The number of hydrogen-bond donors (Lipinski definition) is 1. The third kappa shape index (κ3) is 3.89. The van der Waals surface area contributed by atoms with E-state index in [1.165, 1.54) is 11.3 Å². The molecular formula is C16H21N3OS. The van der Waals surface area contributed by atoms with Crippen LogP contribution in [0, 0.1) is 5.41 Å². The predicted molar refractivity (Wildman–Crippen MR) is 87.3 cm³/mol. The van der Waals surface area contributed by atoms with E-state index in [1.807, 2.05) is 37.4 Å². The molecular weight excluding hydrogens is 282 g/mol. The average Bonchev–Trinajstić information content (AvgIpc) is 2.96. The molecule has 1 heterocycles. The second-order valence-corrected chi connectivity index (χ2v) is 6.96. The van der Waals surface area contributed by atoms with Gasteiger partial charge in [0.25, 0.3) is 5.91 Å². The Morgan fingerprint density at radius 1 is 1.33 bits per heavy atom. The molecule has 112 valence electrons. The third-order valence-electron chi connectivity index (χ3n) is 3.30. The van der Waals surface area contributed by atoms with Gasteiger partial charge >= 0.3 is 0 Å². The van der Waals surface area contributed by atoms with Crippen LogP contribution < -0.4 is 5.73 Å². The van der Waals surface area contributed by atoms with E-state index in [0.29, 0.717) is 18.0 Å². The number of carbonyl (C=O) groups is 1. The number of thiazole rings is 1. The zero-order chi connectivity index (χ0) is 15.5. The Morgan fingerprint density at radius 2 is 2.00 bits per heavy atom. The predicted octanol–water partition coefficient (Wildman–Crippen LogP) is 2.87. The molecule has 0 bridgehead atoms. The fourth-order valence-corrected chi connectivity index (χ4v) is 2.97. The Kier molecular flexibility index (Phi) is 4.75. The minimum atomic E-state index is -0.0860. The molecule has 1 aromatic heterocycles. The van der Waals surface area contributed by atoms with Crippen molar-refractivity contribution >= 4 is 17.2 Å². The van der Waals surface area contributed by atoms with Gasteiger partial charge in [-0.15, -0.1) is 11.3 Å². The first-order valence-corrected chi connectivity index (χ1v) is 7.71. The fraction of sp³-hybridized carbons (Fsp3) is 0.375. The lowest BCUT2D eigenvalue weighted by Crippen LogP contribution is -2.39. The molecule has 1 aromatic carbocycles. The van der Waals surface area contributed by atoms with Crippen LogP contribution in [0.5, 0.6) is 0 Å². The van der Waals surface area contributed by atoms with Gasteiger partial charge in [0.05, 0.1) is 6.20 Å². The maximum atomic E-state index is 12.4. The van der Waals surface area contributed by atoms with E-state index in [9.17, 15) is 4.79 Å². The number of aromatic nitrogens is 1. The molecule has 0 radical (unpaired) electrons. The van der Waals surface area contributed by atoms with Gasteiger partial charge in [0, 0.05) is 19.2 Å². The van der Waals surface area contributed by atoms with Crippen LogP contribution in [0.2, 0.25) is 0 Å². The van der Waals surface area contributed by atoms with Crippen LogP contribution in [0.4, 0.5) is 0 Å². The molecule has 0 saturated heterocycles. The van der Waals surface area contributed by atoms with Crippen LogP contribution in [0.25, 0.3) is 10.6 Å². The van der Waals surface area contributed by atoms with Crippen LogP contribution in [-0.4, -0.2) is 35.9 Å². The van der Waals surface area contributed by atoms with Gasteiger partial charge in [-0.3, -0.25) is 4.79 Å². The van der Waals surface area contributed by atoms with E-state index in [4.69, 9.17) is 5.73 Å². The van der Waals surface area contributed by atoms with Crippen molar-refractivity contribution in [2.75, 3.05) is 20.1 Å². The third-order valence-corrected chi connectivity index (χ3v) is 4.34. The van der Waals surface area contributed by atoms with Gasteiger partial charge in [-0.05, 0) is 12.0 Å². The lowest BCUT2D eigenvalue weighted by Gasteiger charge is -2.28. The number of nitrogens with two attached hydrogens (primary N) is 1. The number of hydrogen-bond acceptors (Lipinski definition) is 4. The van der Waals surface area contributed by atoms with Crippen molar-refractivity contribution in [1.29, 1.82) is 0 Å². The SMILES string of the molecule is CN(CC(C)(C)CN)C(=O)c1cnc(-c2ccccc2)s1. The summed E-state index contributed by atoms with van der Waals surface area (Å²) in [6.07, 6.45) is 1.65. The van der Waals surface area contributed by atoms with Crippen molar-refractivity contribution in [1.82, 2.24) is 9.88 Å². The highest BCUT2D eigenvalue weighted by Gasteiger charge is 2.23. The number of amides is 1. The fourth-order valence-electron chi connectivity index (χ4n) is 2.05. The molecule has 1 amide bonds. The Labute approximate surface area is 129 Å². The largest absolute Gasteiger partial charge is 0.340 e. The smallest absolute Gasteiger partial charge is 0.265 e. The normalized spacial score (nSPS) is 11.4. The summed E-state index contributed by atoms with van der Waals surface area (Å²) in [6, 6.07) is 9.89. The summed E-state index contributed by atoms with van der Waals surface area (Å²) in [5.41, 5.74) is 6.67. The van der Waals surface area contributed by atoms with Gasteiger partial charge < -0.3 is 10.6 Å². The van der Waals surface area contributed by atoms with Crippen molar-refractivity contribution in [2.45, 2.75) is 13.8 Å². The summed E-state index contributed by atoms with van der Waals surface area (Å²) in [4.78, 5) is 19.2. The van der Waals surface area contributed by atoms with E-state index < -0.39 is 0 Å². The molecule has 2 N–H and O–H groups in total. The van der Waals surface area contributed by atoms with Crippen molar-refractivity contribution in [3.8, 4) is 10.6 Å². The van der Waals surface area contributed by atoms with Crippen molar-refractivity contribution in [3.63, 3.8) is 0 Å². The van der Waals surface area contributed by atoms with Crippen LogP contribution >= 0.6 is 11.3 Å². The van der Waals surface area contributed by atoms with Gasteiger partial charge in [0.15, 0.2) is 0 Å². The summed E-state index contributed by atoms with van der Waals surface area (Å²) in [6.45, 7) is 5.28. The quantitative estimate of drug-likeness (QED) is 0.924. The minimum Gasteiger partial charge on any atom is -0.340 e. The molecule has 0 fully saturated rings. The number of nitrogens with zero attached hydrogens (tertiary/aromatic N) is 2. The monoisotopic (exact) mass is 303 g/mol. The van der Waals surface area contributed by atoms with Crippen LogP contribution in [-0.2, 0) is 0 Å². The lowest BCUT2D eigenvalue weighted by molar-refractivity contribution is 0.0745. The Morgan fingerprint density at radius 3 is 2.62 bits per heavy atom. The summed E-state index contributed by atoms with van der Waals surface area (Å²) in [7, 11) is 1.81. The zero-order valence-electron chi connectivity index (χ0n) is 12.7. The van der Waals surface area contributed by atoms with Crippen LogP contribution in [0.1, 0.15) is 23.5 Å². The molecule has 0 aliphatic carbocycles. The maximum absolute atomic E-state index is 12.4. The first-order chi connectivity index (χ1) is 9.93. The molecule has 5 heteroatoms. The molecule has 2 aromatic rings. The first-order valence-electron chi connectivity index (χ1n) is 6.90. The molecule has 0 atom stereocenters. The number of rotatable bonds is 5.